The second-order valence-electron chi connectivity index (χ2n) is 3.56. The second-order valence-corrected chi connectivity index (χ2v) is 3.56. The molecule has 0 aliphatic rings. The number of carbonyl (C=O) groups excluding carboxylic acids is 2. The van der Waals surface area contributed by atoms with Crippen LogP contribution < -0.4 is 11.1 Å². The van der Waals surface area contributed by atoms with E-state index in [1.165, 1.54) is 14.2 Å². The van der Waals surface area contributed by atoms with E-state index in [1.54, 1.807) is 24.3 Å². The summed E-state index contributed by atoms with van der Waals surface area (Å²) in [7, 11) is 2.86. The topological polar surface area (TPSA) is 81.4 Å². The SMILES string of the molecule is CNC(=O)C(OC)C(C(N)=O)c1ccccc1. The number of hydrogen-bond acceptors (Lipinski definition) is 3. The zero-order valence-corrected chi connectivity index (χ0v) is 9.84. The van der Waals surface area contributed by atoms with Crippen molar-refractivity contribution in [2.24, 2.45) is 5.73 Å². The molecule has 2 atom stereocenters. The van der Waals surface area contributed by atoms with Crippen LogP contribution in [0.2, 0.25) is 0 Å². The van der Waals surface area contributed by atoms with Crippen LogP contribution in [0.15, 0.2) is 30.3 Å². The predicted octanol–water partition coefficient (Wildman–Crippen LogP) is 0.0165. The number of nitrogens with two attached hydrogens (primary N) is 1. The van der Waals surface area contributed by atoms with Gasteiger partial charge in [-0.1, -0.05) is 30.3 Å². The Morgan fingerprint density at radius 3 is 2.29 bits per heavy atom. The summed E-state index contributed by atoms with van der Waals surface area (Å²) in [5.74, 6) is -1.76. The summed E-state index contributed by atoms with van der Waals surface area (Å²) in [6, 6.07) is 8.86. The number of rotatable bonds is 5. The minimum atomic E-state index is -0.917. The van der Waals surface area contributed by atoms with Crippen LogP contribution in [0.5, 0.6) is 0 Å². The molecular weight excluding hydrogens is 220 g/mol. The molecule has 0 radical (unpaired) electrons. The summed E-state index contributed by atoms with van der Waals surface area (Å²) < 4.78 is 5.07. The van der Waals surface area contributed by atoms with E-state index in [1.807, 2.05) is 6.07 Å². The van der Waals surface area contributed by atoms with Gasteiger partial charge < -0.3 is 15.8 Å². The van der Waals surface area contributed by atoms with E-state index >= 15 is 0 Å². The lowest BCUT2D eigenvalue weighted by molar-refractivity contribution is -0.137. The van der Waals surface area contributed by atoms with E-state index in [-0.39, 0.29) is 5.91 Å². The maximum atomic E-state index is 11.6. The molecule has 0 aromatic heterocycles. The van der Waals surface area contributed by atoms with Crippen LogP contribution in [-0.2, 0) is 14.3 Å². The van der Waals surface area contributed by atoms with Crippen LogP contribution in [-0.4, -0.2) is 32.1 Å². The van der Waals surface area contributed by atoms with Crippen molar-refractivity contribution in [3.05, 3.63) is 35.9 Å². The van der Waals surface area contributed by atoms with Crippen molar-refractivity contribution in [1.29, 1.82) is 0 Å². The first-order valence-corrected chi connectivity index (χ1v) is 5.20. The average Bonchev–Trinajstić information content (AvgIpc) is 2.35. The number of hydrogen-bond donors (Lipinski definition) is 2. The standard InChI is InChI=1S/C12H16N2O3/c1-14-12(16)10(17-2)9(11(13)15)8-6-4-3-5-7-8/h3-7,9-10H,1-2H3,(H2,13,15)(H,14,16). The fourth-order valence-corrected chi connectivity index (χ4v) is 1.69. The van der Waals surface area contributed by atoms with Crippen molar-refractivity contribution in [3.63, 3.8) is 0 Å². The molecule has 0 heterocycles. The highest BCUT2D eigenvalue weighted by Gasteiger charge is 2.33. The van der Waals surface area contributed by atoms with E-state index in [2.05, 4.69) is 5.32 Å². The molecule has 0 saturated carbocycles. The highest BCUT2D eigenvalue weighted by Crippen LogP contribution is 2.21. The molecule has 92 valence electrons. The van der Waals surface area contributed by atoms with Gasteiger partial charge in [0.25, 0.3) is 0 Å². The minimum Gasteiger partial charge on any atom is -0.370 e. The average molecular weight is 236 g/mol. The van der Waals surface area contributed by atoms with Gasteiger partial charge in [-0.25, -0.2) is 0 Å². The first kappa shape index (κ1) is 13.2. The molecule has 17 heavy (non-hydrogen) atoms. The predicted molar refractivity (Wildman–Crippen MR) is 63.2 cm³/mol. The normalized spacial score (nSPS) is 13.8. The third-order valence-electron chi connectivity index (χ3n) is 2.53. The summed E-state index contributed by atoms with van der Waals surface area (Å²) in [6.07, 6.45) is -0.917. The highest BCUT2D eigenvalue weighted by atomic mass is 16.5. The van der Waals surface area contributed by atoms with Crippen LogP contribution in [0.1, 0.15) is 11.5 Å². The number of benzene rings is 1. The molecule has 1 aromatic rings. The third-order valence-corrected chi connectivity index (χ3v) is 2.53. The zero-order chi connectivity index (χ0) is 12.8. The number of methoxy groups -OCH3 is 1. The zero-order valence-electron chi connectivity index (χ0n) is 9.84. The molecular formula is C12H16N2O3. The lowest BCUT2D eigenvalue weighted by Crippen LogP contribution is -2.43. The van der Waals surface area contributed by atoms with Gasteiger partial charge in [0.05, 0.1) is 5.92 Å². The molecule has 0 aliphatic heterocycles. The maximum absolute atomic E-state index is 11.6. The summed E-state index contributed by atoms with van der Waals surface area (Å²) in [5, 5.41) is 2.45. The van der Waals surface area contributed by atoms with Gasteiger partial charge in [0.15, 0.2) is 6.10 Å². The Hall–Kier alpha value is -1.88. The number of carbonyl (C=O) groups is 2. The number of likely N-dealkylation sites (N-methyl/N-ethyl adjacent to an activating group) is 1. The summed E-state index contributed by atoms with van der Waals surface area (Å²) in [6.45, 7) is 0. The van der Waals surface area contributed by atoms with E-state index < -0.39 is 17.9 Å². The Balaban J connectivity index is 3.08. The second kappa shape index (κ2) is 6.00. The van der Waals surface area contributed by atoms with Crippen LogP contribution in [0.25, 0.3) is 0 Å². The Morgan fingerprint density at radius 2 is 1.88 bits per heavy atom. The van der Waals surface area contributed by atoms with Crippen molar-refractivity contribution < 1.29 is 14.3 Å². The van der Waals surface area contributed by atoms with E-state index in [9.17, 15) is 9.59 Å². The maximum Gasteiger partial charge on any atom is 0.250 e. The molecule has 0 spiro atoms. The van der Waals surface area contributed by atoms with Gasteiger partial charge in [-0.3, -0.25) is 9.59 Å². The summed E-state index contributed by atoms with van der Waals surface area (Å²) >= 11 is 0. The Kier molecular flexibility index (Phi) is 4.66. The number of ether oxygens (including phenoxy) is 1. The van der Waals surface area contributed by atoms with Crippen molar-refractivity contribution in [2.45, 2.75) is 12.0 Å². The lowest BCUT2D eigenvalue weighted by atomic mass is 9.92. The highest BCUT2D eigenvalue weighted by molar-refractivity contribution is 5.92. The van der Waals surface area contributed by atoms with Gasteiger partial charge in [0.2, 0.25) is 11.8 Å². The third kappa shape index (κ3) is 3.04. The van der Waals surface area contributed by atoms with Gasteiger partial charge in [0, 0.05) is 14.2 Å². The van der Waals surface area contributed by atoms with Gasteiger partial charge in [-0.2, -0.15) is 0 Å². The molecule has 1 aromatic carbocycles. The van der Waals surface area contributed by atoms with Crippen LogP contribution in [0, 0.1) is 0 Å². The van der Waals surface area contributed by atoms with Crippen molar-refractivity contribution in [1.82, 2.24) is 5.32 Å². The number of primary amides is 1. The van der Waals surface area contributed by atoms with E-state index in [0.29, 0.717) is 5.56 Å². The first-order chi connectivity index (χ1) is 8.11. The Morgan fingerprint density at radius 1 is 1.29 bits per heavy atom. The molecule has 3 N–H and O–H groups in total. The molecule has 0 aliphatic carbocycles. The van der Waals surface area contributed by atoms with Gasteiger partial charge >= 0.3 is 0 Å². The smallest absolute Gasteiger partial charge is 0.250 e. The fraction of sp³-hybridized carbons (Fsp3) is 0.333. The molecule has 2 unspecified atom stereocenters. The Labute approximate surface area is 99.9 Å². The monoisotopic (exact) mass is 236 g/mol. The van der Waals surface area contributed by atoms with Gasteiger partial charge in [-0.05, 0) is 5.56 Å². The quantitative estimate of drug-likeness (QED) is 0.756. The first-order valence-electron chi connectivity index (χ1n) is 5.20. The number of nitrogens with one attached hydrogen (secondary N) is 1. The largest absolute Gasteiger partial charge is 0.370 e. The van der Waals surface area contributed by atoms with Crippen molar-refractivity contribution in [2.75, 3.05) is 14.2 Å². The molecule has 2 amide bonds. The van der Waals surface area contributed by atoms with Crippen molar-refractivity contribution >= 4 is 11.8 Å². The molecule has 5 heteroatoms. The van der Waals surface area contributed by atoms with E-state index in [4.69, 9.17) is 10.5 Å². The molecule has 0 fully saturated rings. The van der Waals surface area contributed by atoms with Gasteiger partial charge in [-0.15, -0.1) is 0 Å². The van der Waals surface area contributed by atoms with E-state index in [0.717, 1.165) is 0 Å². The fourth-order valence-electron chi connectivity index (χ4n) is 1.69. The number of amides is 2. The van der Waals surface area contributed by atoms with Crippen molar-refractivity contribution in [3.8, 4) is 0 Å². The summed E-state index contributed by atoms with van der Waals surface area (Å²) in [4.78, 5) is 23.1. The Bertz CT molecular complexity index is 392. The van der Waals surface area contributed by atoms with Gasteiger partial charge in [0.1, 0.15) is 0 Å². The molecule has 5 nitrogen and oxygen atoms in total. The summed E-state index contributed by atoms with van der Waals surface area (Å²) in [5.41, 5.74) is 6.00. The van der Waals surface area contributed by atoms with Crippen LogP contribution >= 0.6 is 0 Å². The lowest BCUT2D eigenvalue weighted by Gasteiger charge is -2.22. The van der Waals surface area contributed by atoms with Crippen LogP contribution in [0.4, 0.5) is 0 Å². The molecule has 0 bridgehead atoms. The van der Waals surface area contributed by atoms with Crippen LogP contribution in [0.3, 0.4) is 0 Å². The molecule has 1 rings (SSSR count). The molecule has 0 saturated heterocycles. The minimum absolute atomic E-state index is 0.375.